The number of aliphatic hydroxyl groups excluding tert-OH is 2. The molecule has 3 saturated carbocycles. The van der Waals surface area contributed by atoms with Crippen LogP contribution in [0.3, 0.4) is 0 Å². The summed E-state index contributed by atoms with van der Waals surface area (Å²) >= 11 is 7.30. The van der Waals surface area contributed by atoms with Crippen LogP contribution < -0.4 is 0 Å². The predicted molar refractivity (Wildman–Crippen MR) is 119 cm³/mol. The van der Waals surface area contributed by atoms with Gasteiger partial charge in [-0.1, -0.05) is 32.4 Å². The first-order valence-corrected chi connectivity index (χ1v) is 10.5. The molecule has 0 spiro atoms. The number of hydrogen-bond donors (Lipinski definition) is 3. The number of allylic oxidation sites excluding steroid dienone is 4. The number of halogens is 1. The number of hydrogen-bond acceptors (Lipinski definition) is 5. The molecule has 0 unspecified atom stereocenters. The van der Waals surface area contributed by atoms with Crippen LogP contribution in [0.2, 0.25) is 0 Å². The fourth-order valence-corrected chi connectivity index (χ4v) is 7.78. The summed E-state index contributed by atoms with van der Waals surface area (Å²) in [5.74, 6) is -1.15. The van der Waals surface area contributed by atoms with Gasteiger partial charge in [0.05, 0.1) is 11.0 Å². The Balaban J connectivity index is 0.00000160. The summed E-state index contributed by atoms with van der Waals surface area (Å²) in [4.78, 5) is 23.5. The van der Waals surface area contributed by atoms with E-state index >= 15 is 0 Å². The first-order valence-electron chi connectivity index (χ1n) is 10.1. The molecular formula is C22H31ClNa2O5. The van der Waals surface area contributed by atoms with Gasteiger partial charge in [0.2, 0.25) is 0 Å². The van der Waals surface area contributed by atoms with Crippen LogP contribution in [-0.4, -0.2) is 109 Å². The molecule has 8 atom stereocenters. The fraction of sp³-hybridized carbons (Fsp3) is 0.727. The van der Waals surface area contributed by atoms with Crippen LogP contribution in [0.5, 0.6) is 0 Å². The van der Waals surface area contributed by atoms with E-state index in [1.54, 1.807) is 6.08 Å². The van der Waals surface area contributed by atoms with Gasteiger partial charge in [-0.15, -0.1) is 11.6 Å². The average Bonchev–Trinajstić information content (AvgIpc) is 2.84. The van der Waals surface area contributed by atoms with Crippen molar-refractivity contribution in [3.63, 3.8) is 0 Å². The zero-order chi connectivity index (χ0) is 20.7. The Morgan fingerprint density at radius 1 is 1.27 bits per heavy atom. The molecule has 8 heteroatoms. The Morgan fingerprint density at radius 2 is 1.90 bits per heavy atom. The molecule has 30 heavy (non-hydrogen) atoms. The molecule has 0 aromatic heterocycles. The van der Waals surface area contributed by atoms with Crippen LogP contribution in [0.15, 0.2) is 23.8 Å². The summed E-state index contributed by atoms with van der Waals surface area (Å²) in [6.07, 6.45) is 6.22. The van der Waals surface area contributed by atoms with E-state index in [0.717, 1.165) is 5.57 Å². The maximum absolute atomic E-state index is 12.6. The summed E-state index contributed by atoms with van der Waals surface area (Å²) in [5.41, 5.74) is -2.25. The van der Waals surface area contributed by atoms with Crippen LogP contribution >= 0.6 is 11.6 Å². The average molecular weight is 457 g/mol. The van der Waals surface area contributed by atoms with Crippen molar-refractivity contribution in [3.05, 3.63) is 23.8 Å². The van der Waals surface area contributed by atoms with E-state index in [-0.39, 0.29) is 89.1 Å². The number of carbonyl (C=O) groups is 2. The molecule has 0 saturated heterocycles. The molecule has 4 aliphatic rings. The Morgan fingerprint density at radius 3 is 2.50 bits per heavy atom. The number of ketones is 2. The first kappa shape index (κ1) is 27.2. The fourth-order valence-electron chi connectivity index (χ4n) is 7.26. The first-order chi connectivity index (χ1) is 13.0. The van der Waals surface area contributed by atoms with Crippen LogP contribution in [0.1, 0.15) is 46.5 Å². The van der Waals surface area contributed by atoms with Crippen molar-refractivity contribution in [1.29, 1.82) is 0 Å². The molecule has 0 heterocycles. The second-order valence-electron chi connectivity index (χ2n) is 9.75. The summed E-state index contributed by atoms with van der Waals surface area (Å²) < 4.78 is 0. The third kappa shape index (κ3) is 3.14. The van der Waals surface area contributed by atoms with E-state index in [1.165, 1.54) is 6.08 Å². The van der Waals surface area contributed by atoms with Crippen molar-refractivity contribution >= 4 is 82.3 Å². The molecule has 0 amide bonds. The van der Waals surface area contributed by atoms with Crippen molar-refractivity contribution in [2.75, 3.05) is 6.61 Å². The molecule has 3 fully saturated rings. The number of aliphatic hydroxyl groups is 3. The van der Waals surface area contributed by atoms with Gasteiger partial charge in [-0.3, -0.25) is 9.59 Å². The molecule has 0 radical (unpaired) electrons. The molecule has 0 bridgehead atoms. The minimum absolute atomic E-state index is 0. The topological polar surface area (TPSA) is 94.8 Å². The number of alkyl halides is 1. The quantitative estimate of drug-likeness (QED) is 0.423. The Hall–Kier alpha value is 0.990. The molecule has 0 aromatic carbocycles. The number of Topliss-reactive ketones (excluding diaryl/α,β-unsaturated/α-hetero) is 1. The summed E-state index contributed by atoms with van der Waals surface area (Å²) in [5, 5.41) is 32.3. The SMILES string of the molecule is C[C@H]1C[C@H]2[C@@H]3CCC4=CC(=O)C=C[C@]4(C)[C@@]3(Cl)[C@@H](O)C[C@]2(C)[C@@]1(O)C(=O)CO.[NaH].[NaH]. The van der Waals surface area contributed by atoms with Crippen LogP contribution in [-0.2, 0) is 9.59 Å². The van der Waals surface area contributed by atoms with Gasteiger partial charge in [-0.25, -0.2) is 0 Å². The minimum atomic E-state index is -1.68. The second-order valence-corrected chi connectivity index (χ2v) is 10.4. The molecule has 158 valence electrons. The van der Waals surface area contributed by atoms with E-state index in [0.29, 0.717) is 19.3 Å². The van der Waals surface area contributed by atoms with Gasteiger partial charge in [0.25, 0.3) is 0 Å². The Kier molecular flexibility index (Phi) is 7.85. The van der Waals surface area contributed by atoms with Crippen molar-refractivity contribution < 1.29 is 24.9 Å². The van der Waals surface area contributed by atoms with Crippen molar-refractivity contribution in [3.8, 4) is 0 Å². The molecule has 0 aliphatic heterocycles. The Bertz CT molecular complexity index is 815. The van der Waals surface area contributed by atoms with Gasteiger partial charge in [0.1, 0.15) is 12.2 Å². The molecule has 4 rings (SSSR count). The number of fused-ring (bicyclic) bond motifs is 5. The third-order valence-corrected chi connectivity index (χ3v) is 9.72. The van der Waals surface area contributed by atoms with E-state index in [2.05, 4.69) is 0 Å². The molecule has 0 aromatic rings. The third-order valence-electron chi connectivity index (χ3n) is 8.79. The molecule has 4 aliphatic carbocycles. The standard InChI is InChI=1S/C22H29ClO5.2Na.2H/c1-12-8-16-15-5-4-13-9-14(25)6-7-19(13,2)21(15,23)17(26)10-20(16,3)22(12,28)18(27)11-24;;;;/h6-7,9,12,15-17,24,26,28H,4-5,8,10-11H2,1-3H3;;;;/t12-,15-,16-,17-,19-,20-,21-,22-;;;;/m0..../s1. The van der Waals surface area contributed by atoms with Gasteiger partial charge >= 0.3 is 59.1 Å². The zero-order valence-electron chi connectivity index (χ0n) is 16.6. The summed E-state index contributed by atoms with van der Waals surface area (Å²) in [6.45, 7) is 4.97. The molecule has 5 nitrogen and oxygen atoms in total. The van der Waals surface area contributed by atoms with Crippen molar-refractivity contribution in [2.45, 2.75) is 63.0 Å². The van der Waals surface area contributed by atoms with Crippen molar-refractivity contribution in [1.82, 2.24) is 0 Å². The normalized spacial score (nSPS) is 49.0. The van der Waals surface area contributed by atoms with Gasteiger partial charge in [-0.05, 0) is 55.6 Å². The van der Waals surface area contributed by atoms with Crippen molar-refractivity contribution in [2.24, 2.45) is 28.6 Å². The van der Waals surface area contributed by atoms with Gasteiger partial charge < -0.3 is 15.3 Å². The van der Waals surface area contributed by atoms with Gasteiger partial charge in [0.15, 0.2) is 11.6 Å². The predicted octanol–water partition coefficient (Wildman–Crippen LogP) is 0.868. The molecular weight excluding hydrogens is 426 g/mol. The monoisotopic (exact) mass is 456 g/mol. The zero-order valence-corrected chi connectivity index (χ0v) is 17.4. The van der Waals surface area contributed by atoms with Gasteiger partial charge in [-0.2, -0.15) is 0 Å². The van der Waals surface area contributed by atoms with Crippen LogP contribution in [0, 0.1) is 28.6 Å². The van der Waals surface area contributed by atoms with E-state index in [9.17, 15) is 24.9 Å². The second kappa shape index (κ2) is 8.65. The van der Waals surface area contributed by atoms with E-state index in [1.807, 2.05) is 26.8 Å². The summed E-state index contributed by atoms with van der Waals surface area (Å²) in [6, 6.07) is 0. The number of carbonyl (C=O) groups excluding carboxylic acids is 2. The maximum atomic E-state index is 12.6. The number of rotatable bonds is 2. The van der Waals surface area contributed by atoms with Crippen LogP contribution in [0.4, 0.5) is 0 Å². The molecule has 3 N–H and O–H groups in total. The van der Waals surface area contributed by atoms with Crippen LogP contribution in [0.25, 0.3) is 0 Å². The van der Waals surface area contributed by atoms with E-state index in [4.69, 9.17) is 11.6 Å². The van der Waals surface area contributed by atoms with Gasteiger partial charge in [0, 0.05) is 10.8 Å². The van der Waals surface area contributed by atoms with E-state index < -0.39 is 39.8 Å². The summed E-state index contributed by atoms with van der Waals surface area (Å²) in [7, 11) is 0. The Labute approximate surface area is 227 Å².